The molecule has 1 unspecified atom stereocenters. The van der Waals surface area contributed by atoms with E-state index < -0.39 is 10.0 Å². The van der Waals surface area contributed by atoms with Crippen LogP contribution in [-0.2, 0) is 16.6 Å². The molecule has 1 saturated heterocycles. The number of rotatable bonds is 6. The first-order chi connectivity index (χ1) is 10.9. The van der Waals surface area contributed by atoms with E-state index in [9.17, 15) is 13.2 Å². The highest BCUT2D eigenvalue weighted by Crippen LogP contribution is 2.22. The molecular formula is C14H23N5O3S. The van der Waals surface area contributed by atoms with E-state index in [1.807, 2.05) is 0 Å². The number of aromatic nitrogens is 3. The first kappa shape index (κ1) is 16.4. The minimum absolute atomic E-state index is 0.00619. The lowest BCUT2D eigenvalue weighted by atomic mass is 10.0. The first-order valence-electron chi connectivity index (χ1n) is 8.11. The Balaban J connectivity index is 1.56. The van der Waals surface area contributed by atoms with Crippen molar-refractivity contribution in [2.45, 2.75) is 57.2 Å². The SMILES string of the molecule is CS(=O)(=O)N1CCCCC1CCn1cc(C(=O)NC2CC2)nn1. The van der Waals surface area contributed by atoms with Gasteiger partial charge in [-0.15, -0.1) is 5.10 Å². The van der Waals surface area contributed by atoms with Gasteiger partial charge in [0.25, 0.3) is 5.91 Å². The summed E-state index contributed by atoms with van der Waals surface area (Å²) < 4.78 is 26.9. The zero-order valence-electron chi connectivity index (χ0n) is 13.3. The lowest BCUT2D eigenvalue weighted by molar-refractivity contribution is 0.0946. The number of carbonyl (C=O) groups excluding carboxylic acids is 1. The molecule has 128 valence electrons. The average molecular weight is 341 g/mol. The highest BCUT2D eigenvalue weighted by atomic mass is 32.2. The molecule has 2 heterocycles. The third-order valence-electron chi connectivity index (χ3n) is 4.37. The van der Waals surface area contributed by atoms with Crippen LogP contribution in [0.15, 0.2) is 6.20 Å². The third kappa shape index (κ3) is 4.29. The van der Waals surface area contributed by atoms with Crippen molar-refractivity contribution in [2.75, 3.05) is 12.8 Å². The molecular weight excluding hydrogens is 318 g/mol. The second kappa shape index (κ2) is 6.56. The van der Waals surface area contributed by atoms with E-state index in [-0.39, 0.29) is 11.9 Å². The molecule has 0 bridgehead atoms. The fourth-order valence-electron chi connectivity index (χ4n) is 2.98. The van der Waals surface area contributed by atoms with Gasteiger partial charge in [-0.05, 0) is 32.1 Å². The normalized spacial score (nSPS) is 22.9. The minimum Gasteiger partial charge on any atom is -0.348 e. The fraction of sp³-hybridized carbons (Fsp3) is 0.786. The quantitative estimate of drug-likeness (QED) is 0.806. The molecule has 0 aromatic carbocycles. The maximum Gasteiger partial charge on any atom is 0.273 e. The van der Waals surface area contributed by atoms with Crippen molar-refractivity contribution in [3.8, 4) is 0 Å². The highest BCUT2D eigenvalue weighted by molar-refractivity contribution is 7.88. The smallest absolute Gasteiger partial charge is 0.273 e. The van der Waals surface area contributed by atoms with Crippen LogP contribution in [0, 0.1) is 0 Å². The summed E-state index contributed by atoms with van der Waals surface area (Å²) in [5.41, 5.74) is 0.320. The second-order valence-corrected chi connectivity index (χ2v) is 8.36. The van der Waals surface area contributed by atoms with Crippen molar-refractivity contribution < 1.29 is 13.2 Å². The topological polar surface area (TPSA) is 97.2 Å². The Morgan fingerprint density at radius 2 is 2.13 bits per heavy atom. The third-order valence-corrected chi connectivity index (χ3v) is 5.71. The zero-order valence-corrected chi connectivity index (χ0v) is 14.1. The molecule has 2 fully saturated rings. The van der Waals surface area contributed by atoms with E-state index in [1.165, 1.54) is 6.26 Å². The summed E-state index contributed by atoms with van der Waals surface area (Å²) in [5, 5.41) is 10.7. The standard InChI is InChI=1S/C14H23N5O3S/c1-23(21,22)19-8-3-2-4-12(19)7-9-18-10-13(16-17-18)14(20)15-11-5-6-11/h10-12H,2-9H2,1H3,(H,15,20). The lowest BCUT2D eigenvalue weighted by Gasteiger charge is -2.33. The average Bonchev–Trinajstić information content (AvgIpc) is 3.18. The Hall–Kier alpha value is -1.48. The predicted octanol–water partition coefficient (Wildman–Crippen LogP) is 0.374. The lowest BCUT2D eigenvalue weighted by Crippen LogP contribution is -2.43. The molecule has 8 nitrogen and oxygen atoms in total. The van der Waals surface area contributed by atoms with Crippen molar-refractivity contribution in [1.29, 1.82) is 0 Å². The largest absolute Gasteiger partial charge is 0.348 e. The van der Waals surface area contributed by atoms with Gasteiger partial charge in [0.05, 0.1) is 12.5 Å². The summed E-state index contributed by atoms with van der Waals surface area (Å²) in [5.74, 6) is -0.186. The van der Waals surface area contributed by atoms with Gasteiger partial charge in [-0.3, -0.25) is 9.48 Å². The first-order valence-corrected chi connectivity index (χ1v) is 9.96. The Morgan fingerprint density at radius 1 is 1.35 bits per heavy atom. The number of sulfonamides is 1. The van der Waals surface area contributed by atoms with Crippen molar-refractivity contribution in [3.63, 3.8) is 0 Å². The number of aryl methyl sites for hydroxylation is 1. The van der Waals surface area contributed by atoms with Crippen LogP contribution in [-0.4, -0.2) is 58.5 Å². The van der Waals surface area contributed by atoms with Gasteiger partial charge in [-0.1, -0.05) is 11.6 Å². The van der Waals surface area contributed by atoms with Crippen molar-refractivity contribution in [2.24, 2.45) is 0 Å². The molecule has 0 radical (unpaired) electrons. The van der Waals surface area contributed by atoms with Crippen LogP contribution < -0.4 is 5.32 Å². The Labute approximate surface area is 136 Å². The second-order valence-electron chi connectivity index (χ2n) is 6.43. The van der Waals surface area contributed by atoms with E-state index in [1.54, 1.807) is 15.2 Å². The Morgan fingerprint density at radius 3 is 2.83 bits per heavy atom. The molecule has 2 aliphatic rings. The summed E-state index contributed by atoms with van der Waals surface area (Å²) >= 11 is 0. The molecule has 1 saturated carbocycles. The predicted molar refractivity (Wildman–Crippen MR) is 84.3 cm³/mol. The molecule has 1 aromatic rings. The molecule has 1 amide bonds. The minimum atomic E-state index is -3.17. The fourth-order valence-corrected chi connectivity index (χ4v) is 4.19. The van der Waals surface area contributed by atoms with Crippen LogP contribution in [0.5, 0.6) is 0 Å². The molecule has 1 aliphatic carbocycles. The van der Waals surface area contributed by atoms with Gasteiger partial charge in [0.2, 0.25) is 10.0 Å². The van der Waals surface area contributed by atoms with Gasteiger partial charge in [0.15, 0.2) is 5.69 Å². The highest BCUT2D eigenvalue weighted by Gasteiger charge is 2.29. The maximum atomic E-state index is 11.9. The molecule has 1 aliphatic heterocycles. The molecule has 3 rings (SSSR count). The molecule has 1 atom stereocenters. The van der Waals surface area contributed by atoms with Crippen molar-refractivity contribution in [3.05, 3.63) is 11.9 Å². The molecule has 9 heteroatoms. The number of hydrogen-bond donors (Lipinski definition) is 1. The number of nitrogens with one attached hydrogen (secondary N) is 1. The van der Waals surface area contributed by atoms with Crippen LogP contribution >= 0.6 is 0 Å². The summed E-state index contributed by atoms with van der Waals surface area (Å²) in [6.07, 6.45) is 8.47. The summed E-state index contributed by atoms with van der Waals surface area (Å²) in [6.45, 7) is 1.15. The maximum absolute atomic E-state index is 11.9. The Kier molecular flexibility index (Phi) is 4.67. The number of nitrogens with zero attached hydrogens (tertiary/aromatic N) is 4. The van der Waals surface area contributed by atoms with E-state index in [0.717, 1.165) is 32.1 Å². The number of amides is 1. The van der Waals surface area contributed by atoms with Crippen LogP contribution in [0.3, 0.4) is 0 Å². The summed E-state index contributed by atoms with van der Waals surface area (Å²) in [4.78, 5) is 11.9. The van der Waals surface area contributed by atoms with Gasteiger partial charge >= 0.3 is 0 Å². The van der Waals surface area contributed by atoms with Crippen molar-refractivity contribution >= 4 is 15.9 Å². The van der Waals surface area contributed by atoms with Crippen LogP contribution in [0.25, 0.3) is 0 Å². The molecule has 1 aromatic heterocycles. The van der Waals surface area contributed by atoms with E-state index >= 15 is 0 Å². The van der Waals surface area contributed by atoms with Crippen LogP contribution in [0.2, 0.25) is 0 Å². The van der Waals surface area contributed by atoms with Gasteiger partial charge in [-0.2, -0.15) is 4.31 Å². The zero-order chi connectivity index (χ0) is 16.4. The van der Waals surface area contributed by atoms with Gasteiger partial charge < -0.3 is 5.32 Å². The van der Waals surface area contributed by atoms with Crippen LogP contribution in [0.1, 0.15) is 49.0 Å². The van der Waals surface area contributed by atoms with E-state index in [4.69, 9.17) is 0 Å². The van der Waals surface area contributed by atoms with Crippen LogP contribution in [0.4, 0.5) is 0 Å². The number of carbonyl (C=O) groups is 1. The van der Waals surface area contributed by atoms with Gasteiger partial charge in [0.1, 0.15) is 0 Å². The molecule has 23 heavy (non-hydrogen) atoms. The van der Waals surface area contributed by atoms with E-state index in [2.05, 4.69) is 15.6 Å². The number of hydrogen-bond acceptors (Lipinski definition) is 5. The van der Waals surface area contributed by atoms with Gasteiger partial charge in [-0.25, -0.2) is 8.42 Å². The van der Waals surface area contributed by atoms with Crippen molar-refractivity contribution in [1.82, 2.24) is 24.6 Å². The van der Waals surface area contributed by atoms with E-state index in [0.29, 0.717) is 31.2 Å². The monoisotopic (exact) mass is 341 g/mol. The summed E-state index contributed by atoms with van der Waals surface area (Å²) in [6, 6.07) is 0.296. The summed E-state index contributed by atoms with van der Waals surface area (Å²) in [7, 11) is -3.17. The number of piperidine rings is 1. The molecule has 0 spiro atoms. The Bertz CT molecular complexity index is 668. The molecule has 1 N–H and O–H groups in total. The van der Waals surface area contributed by atoms with Gasteiger partial charge in [0, 0.05) is 25.2 Å².